The molecule has 184 valence electrons. The number of rotatable bonds is 9. The third-order valence-corrected chi connectivity index (χ3v) is 6.57. The SMILES string of the molecule is CCCCN1C(=O)N[C@@H](c2cccc(NC(=O)C3CCC3)c2)C(C(=O)OCC)=C1c1ccccc1. The Bertz CT molecular complexity index is 1110. The van der Waals surface area contributed by atoms with Crippen LogP contribution < -0.4 is 10.6 Å². The Kier molecular flexibility index (Phi) is 7.85. The van der Waals surface area contributed by atoms with Gasteiger partial charge in [0.1, 0.15) is 0 Å². The Morgan fingerprint density at radius 1 is 1.09 bits per heavy atom. The molecule has 0 unspecified atom stereocenters. The quantitative estimate of drug-likeness (QED) is 0.484. The van der Waals surface area contributed by atoms with Gasteiger partial charge in [-0.3, -0.25) is 9.69 Å². The Labute approximate surface area is 206 Å². The number of nitrogens with one attached hydrogen (secondary N) is 2. The molecule has 1 aliphatic carbocycles. The first-order valence-corrected chi connectivity index (χ1v) is 12.5. The number of benzene rings is 2. The predicted octanol–water partition coefficient (Wildman–Crippen LogP) is 5.27. The van der Waals surface area contributed by atoms with Crippen LogP contribution in [0.15, 0.2) is 60.2 Å². The molecule has 2 aromatic rings. The maximum Gasteiger partial charge on any atom is 0.338 e. The van der Waals surface area contributed by atoms with Gasteiger partial charge in [0, 0.05) is 18.2 Å². The number of esters is 1. The third-order valence-electron chi connectivity index (χ3n) is 6.57. The Morgan fingerprint density at radius 3 is 2.51 bits per heavy atom. The number of urea groups is 1. The molecule has 1 heterocycles. The second-order valence-electron chi connectivity index (χ2n) is 8.98. The summed E-state index contributed by atoms with van der Waals surface area (Å²) in [6.45, 7) is 4.53. The summed E-state index contributed by atoms with van der Waals surface area (Å²) in [5.74, 6) is -0.403. The lowest BCUT2D eigenvalue weighted by Gasteiger charge is -2.37. The lowest BCUT2D eigenvalue weighted by atomic mass is 9.85. The fraction of sp³-hybridized carbons (Fsp3) is 0.393. The van der Waals surface area contributed by atoms with E-state index in [-0.39, 0.29) is 24.5 Å². The van der Waals surface area contributed by atoms with Crippen LogP contribution in [0.2, 0.25) is 0 Å². The van der Waals surface area contributed by atoms with Gasteiger partial charge in [0.15, 0.2) is 0 Å². The van der Waals surface area contributed by atoms with Crippen LogP contribution in [0.1, 0.15) is 63.1 Å². The molecule has 2 N–H and O–H groups in total. The van der Waals surface area contributed by atoms with Gasteiger partial charge >= 0.3 is 12.0 Å². The summed E-state index contributed by atoms with van der Waals surface area (Å²) in [4.78, 5) is 40.9. The van der Waals surface area contributed by atoms with Crippen molar-refractivity contribution in [3.05, 3.63) is 71.3 Å². The number of hydrogen-bond acceptors (Lipinski definition) is 4. The first-order valence-electron chi connectivity index (χ1n) is 12.5. The van der Waals surface area contributed by atoms with Crippen LogP contribution in [0, 0.1) is 5.92 Å². The van der Waals surface area contributed by atoms with Gasteiger partial charge in [0.25, 0.3) is 0 Å². The molecule has 0 spiro atoms. The Balaban J connectivity index is 1.79. The number of nitrogens with zero attached hydrogens (tertiary/aromatic N) is 1. The molecule has 1 atom stereocenters. The molecular formula is C28H33N3O4. The van der Waals surface area contributed by atoms with Gasteiger partial charge in [-0.15, -0.1) is 0 Å². The summed E-state index contributed by atoms with van der Waals surface area (Å²) >= 11 is 0. The summed E-state index contributed by atoms with van der Waals surface area (Å²) in [7, 11) is 0. The van der Waals surface area contributed by atoms with E-state index in [0.29, 0.717) is 29.1 Å². The maximum absolute atomic E-state index is 13.4. The summed E-state index contributed by atoms with van der Waals surface area (Å²) in [5.41, 5.74) is 3.08. The zero-order valence-electron chi connectivity index (χ0n) is 20.4. The maximum atomic E-state index is 13.4. The van der Waals surface area contributed by atoms with Crippen LogP contribution in [-0.4, -0.2) is 36.0 Å². The van der Waals surface area contributed by atoms with Crippen LogP contribution >= 0.6 is 0 Å². The van der Waals surface area contributed by atoms with Crippen molar-refractivity contribution in [2.75, 3.05) is 18.5 Å². The monoisotopic (exact) mass is 475 g/mol. The molecular weight excluding hydrogens is 442 g/mol. The van der Waals surface area contributed by atoms with Crippen molar-refractivity contribution >= 4 is 29.3 Å². The van der Waals surface area contributed by atoms with Crippen molar-refractivity contribution in [1.29, 1.82) is 0 Å². The van der Waals surface area contributed by atoms with Crippen LogP contribution in [-0.2, 0) is 14.3 Å². The molecule has 7 nitrogen and oxygen atoms in total. The van der Waals surface area contributed by atoms with Gasteiger partial charge in [0.05, 0.1) is 23.9 Å². The lowest BCUT2D eigenvalue weighted by molar-refractivity contribution is -0.139. The van der Waals surface area contributed by atoms with Gasteiger partial charge in [-0.25, -0.2) is 9.59 Å². The van der Waals surface area contributed by atoms with Crippen molar-refractivity contribution in [2.24, 2.45) is 5.92 Å². The van der Waals surface area contributed by atoms with Crippen LogP contribution in [0.25, 0.3) is 5.70 Å². The zero-order chi connectivity index (χ0) is 24.8. The molecule has 1 aliphatic heterocycles. The average Bonchev–Trinajstić information content (AvgIpc) is 2.82. The molecule has 1 saturated carbocycles. The number of carbonyl (C=O) groups excluding carboxylic acids is 3. The summed E-state index contributed by atoms with van der Waals surface area (Å²) < 4.78 is 5.48. The smallest absolute Gasteiger partial charge is 0.338 e. The second-order valence-corrected chi connectivity index (χ2v) is 8.98. The topological polar surface area (TPSA) is 87.7 Å². The average molecular weight is 476 g/mol. The van der Waals surface area contributed by atoms with Gasteiger partial charge in [0.2, 0.25) is 5.91 Å². The van der Waals surface area contributed by atoms with E-state index in [4.69, 9.17) is 4.74 Å². The van der Waals surface area contributed by atoms with Crippen molar-refractivity contribution in [3.63, 3.8) is 0 Å². The standard InChI is InChI=1S/C28H33N3O4/c1-3-5-17-31-25(19-11-7-6-8-12-19)23(27(33)35-4-2)24(30-28(31)34)21-15-10-16-22(18-21)29-26(32)20-13-9-14-20/h6-8,10-12,15-16,18,20,24H,3-5,9,13-14,17H2,1-2H3,(H,29,32)(H,30,34)/t24-/m0/s1. The van der Waals surface area contributed by atoms with Crippen molar-refractivity contribution in [1.82, 2.24) is 10.2 Å². The van der Waals surface area contributed by atoms with E-state index in [2.05, 4.69) is 17.6 Å². The van der Waals surface area contributed by atoms with Crippen molar-refractivity contribution in [3.8, 4) is 0 Å². The third kappa shape index (κ3) is 5.39. The summed E-state index contributed by atoms with van der Waals surface area (Å²) in [6.07, 6.45) is 4.61. The highest BCUT2D eigenvalue weighted by molar-refractivity contribution is 6.04. The van der Waals surface area contributed by atoms with E-state index >= 15 is 0 Å². The molecule has 35 heavy (non-hydrogen) atoms. The van der Waals surface area contributed by atoms with E-state index in [9.17, 15) is 14.4 Å². The number of amides is 3. The van der Waals surface area contributed by atoms with Gasteiger partial charge in [-0.05, 0) is 49.4 Å². The van der Waals surface area contributed by atoms with E-state index < -0.39 is 12.0 Å². The molecule has 2 aliphatic rings. The molecule has 0 aromatic heterocycles. The van der Waals surface area contributed by atoms with Crippen LogP contribution in [0.4, 0.5) is 10.5 Å². The highest BCUT2D eigenvalue weighted by Crippen LogP contribution is 2.37. The lowest BCUT2D eigenvalue weighted by Crippen LogP contribution is -2.48. The highest BCUT2D eigenvalue weighted by atomic mass is 16.5. The fourth-order valence-corrected chi connectivity index (χ4v) is 4.48. The Hall–Kier alpha value is -3.61. The summed E-state index contributed by atoms with van der Waals surface area (Å²) in [5, 5.41) is 6.01. The zero-order valence-corrected chi connectivity index (χ0v) is 20.4. The molecule has 0 radical (unpaired) electrons. The van der Waals surface area contributed by atoms with Crippen molar-refractivity contribution in [2.45, 2.75) is 52.0 Å². The van der Waals surface area contributed by atoms with Crippen LogP contribution in [0.5, 0.6) is 0 Å². The Morgan fingerprint density at radius 2 is 1.86 bits per heavy atom. The van der Waals surface area contributed by atoms with E-state index in [0.717, 1.165) is 37.7 Å². The number of carbonyl (C=O) groups is 3. The molecule has 3 amide bonds. The number of unbranched alkanes of at least 4 members (excludes halogenated alkanes) is 1. The van der Waals surface area contributed by atoms with Crippen molar-refractivity contribution < 1.29 is 19.1 Å². The highest BCUT2D eigenvalue weighted by Gasteiger charge is 2.38. The molecule has 4 rings (SSSR count). The minimum Gasteiger partial charge on any atom is -0.463 e. The first-order chi connectivity index (χ1) is 17.0. The minimum atomic E-state index is -0.713. The molecule has 2 aromatic carbocycles. The minimum absolute atomic E-state index is 0.0120. The van der Waals surface area contributed by atoms with Gasteiger partial charge in [-0.2, -0.15) is 0 Å². The number of anilines is 1. The molecule has 0 saturated heterocycles. The molecule has 7 heteroatoms. The predicted molar refractivity (Wildman–Crippen MR) is 135 cm³/mol. The number of ether oxygens (including phenoxy) is 1. The number of hydrogen-bond donors (Lipinski definition) is 2. The van der Waals surface area contributed by atoms with Crippen LogP contribution in [0.3, 0.4) is 0 Å². The second kappa shape index (κ2) is 11.2. The van der Waals surface area contributed by atoms with Gasteiger partial charge < -0.3 is 15.4 Å². The van der Waals surface area contributed by atoms with E-state index in [1.165, 1.54) is 0 Å². The first kappa shape index (κ1) is 24.5. The van der Waals surface area contributed by atoms with E-state index in [1.807, 2.05) is 54.6 Å². The normalized spacial score (nSPS) is 18.1. The molecule has 0 bridgehead atoms. The van der Waals surface area contributed by atoms with Gasteiger partial charge in [-0.1, -0.05) is 62.2 Å². The largest absolute Gasteiger partial charge is 0.463 e. The van der Waals surface area contributed by atoms with E-state index in [1.54, 1.807) is 11.8 Å². The summed E-state index contributed by atoms with van der Waals surface area (Å²) in [6, 6.07) is 15.8. The molecule has 1 fully saturated rings. The fourth-order valence-electron chi connectivity index (χ4n) is 4.48.